The Morgan fingerprint density at radius 3 is 2.95 bits per heavy atom. The molecule has 1 saturated heterocycles. The van der Waals surface area contributed by atoms with Crippen LogP contribution < -0.4 is 5.32 Å². The molecule has 0 aliphatic carbocycles. The fourth-order valence-corrected chi connectivity index (χ4v) is 2.96. The van der Waals surface area contributed by atoms with Crippen molar-refractivity contribution in [1.82, 2.24) is 14.8 Å². The Kier molecular flexibility index (Phi) is 5.64. The van der Waals surface area contributed by atoms with Gasteiger partial charge in [0.1, 0.15) is 5.82 Å². The highest BCUT2D eigenvalue weighted by molar-refractivity contribution is 6.31. The van der Waals surface area contributed by atoms with Crippen molar-refractivity contribution in [3.63, 3.8) is 0 Å². The van der Waals surface area contributed by atoms with Crippen LogP contribution in [0, 0.1) is 0 Å². The smallest absolute Gasteiger partial charge is 0.126 e. The predicted molar refractivity (Wildman–Crippen MR) is 85.4 cm³/mol. The summed E-state index contributed by atoms with van der Waals surface area (Å²) in [7, 11) is 4.26. The van der Waals surface area contributed by atoms with Crippen molar-refractivity contribution in [3.8, 4) is 0 Å². The van der Waals surface area contributed by atoms with Crippen LogP contribution in [-0.4, -0.2) is 54.6 Å². The van der Waals surface area contributed by atoms with Gasteiger partial charge in [-0.25, -0.2) is 4.98 Å². The Morgan fingerprint density at radius 2 is 2.25 bits per heavy atom. The highest BCUT2D eigenvalue weighted by Crippen LogP contribution is 2.24. The van der Waals surface area contributed by atoms with Gasteiger partial charge in [0.15, 0.2) is 0 Å². The van der Waals surface area contributed by atoms with Crippen LogP contribution in [0.15, 0.2) is 12.1 Å². The van der Waals surface area contributed by atoms with Gasteiger partial charge in [-0.2, -0.15) is 0 Å². The minimum Gasteiger partial charge on any atom is -0.370 e. The molecule has 0 spiro atoms. The van der Waals surface area contributed by atoms with Crippen LogP contribution in [0.25, 0.3) is 0 Å². The van der Waals surface area contributed by atoms with E-state index in [0.29, 0.717) is 6.04 Å². The summed E-state index contributed by atoms with van der Waals surface area (Å²) in [5.41, 5.74) is 0.982. The van der Waals surface area contributed by atoms with Gasteiger partial charge in [0, 0.05) is 25.7 Å². The molecule has 0 amide bonds. The van der Waals surface area contributed by atoms with Gasteiger partial charge in [-0.3, -0.25) is 4.90 Å². The van der Waals surface area contributed by atoms with E-state index >= 15 is 0 Å². The normalized spacial score (nSPS) is 19.8. The third-order valence-corrected chi connectivity index (χ3v) is 4.05. The molecule has 5 heteroatoms. The highest BCUT2D eigenvalue weighted by Gasteiger charge is 2.25. The summed E-state index contributed by atoms with van der Waals surface area (Å²) in [6, 6.07) is 4.50. The SMILES string of the molecule is CCNc1ccc(Cl)c(CN2CCCC2CN(C)C)n1. The molecule has 0 saturated carbocycles. The summed E-state index contributed by atoms with van der Waals surface area (Å²) in [4.78, 5) is 9.40. The molecular weight excluding hydrogens is 272 g/mol. The lowest BCUT2D eigenvalue weighted by atomic mass is 10.2. The number of hydrogen-bond acceptors (Lipinski definition) is 4. The highest BCUT2D eigenvalue weighted by atomic mass is 35.5. The van der Waals surface area contributed by atoms with Crippen molar-refractivity contribution in [2.45, 2.75) is 32.4 Å². The minimum atomic E-state index is 0.616. The predicted octanol–water partition coefficient (Wildman–Crippen LogP) is 2.69. The van der Waals surface area contributed by atoms with Crippen LogP contribution in [0.2, 0.25) is 5.02 Å². The average Bonchev–Trinajstić information content (AvgIpc) is 2.80. The van der Waals surface area contributed by atoms with Crippen LogP contribution in [0.1, 0.15) is 25.5 Å². The Hall–Kier alpha value is -0.840. The molecule has 0 radical (unpaired) electrons. The van der Waals surface area contributed by atoms with Crippen molar-refractivity contribution in [2.75, 3.05) is 39.0 Å². The van der Waals surface area contributed by atoms with Crippen molar-refractivity contribution in [1.29, 1.82) is 0 Å². The summed E-state index contributed by atoms with van der Waals surface area (Å²) in [5, 5.41) is 4.01. The summed E-state index contributed by atoms with van der Waals surface area (Å²) in [6.07, 6.45) is 2.53. The number of nitrogens with zero attached hydrogens (tertiary/aromatic N) is 3. The first-order chi connectivity index (χ1) is 9.60. The summed E-state index contributed by atoms with van der Waals surface area (Å²) in [5.74, 6) is 0.912. The maximum atomic E-state index is 6.30. The molecule has 112 valence electrons. The molecule has 1 aliphatic heterocycles. The lowest BCUT2D eigenvalue weighted by Gasteiger charge is -2.27. The third kappa shape index (κ3) is 4.08. The molecule has 1 aliphatic rings. The number of hydrogen-bond donors (Lipinski definition) is 1. The van der Waals surface area contributed by atoms with Crippen LogP contribution in [0.4, 0.5) is 5.82 Å². The van der Waals surface area contributed by atoms with Crippen molar-refractivity contribution in [3.05, 3.63) is 22.8 Å². The minimum absolute atomic E-state index is 0.616. The van der Waals surface area contributed by atoms with E-state index in [1.165, 1.54) is 12.8 Å². The molecule has 1 fully saturated rings. The molecule has 1 aromatic heterocycles. The number of rotatable bonds is 6. The van der Waals surface area contributed by atoms with Crippen LogP contribution in [-0.2, 0) is 6.54 Å². The van der Waals surface area contributed by atoms with Gasteiger partial charge in [-0.05, 0) is 52.5 Å². The van der Waals surface area contributed by atoms with Crippen molar-refractivity contribution < 1.29 is 0 Å². The Labute approximate surface area is 127 Å². The number of likely N-dealkylation sites (N-methyl/N-ethyl adjacent to an activating group) is 1. The van der Waals surface area contributed by atoms with Gasteiger partial charge in [-0.15, -0.1) is 0 Å². The number of pyridine rings is 1. The van der Waals surface area contributed by atoms with Crippen LogP contribution >= 0.6 is 11.6 Å². The lowest BCUT2D eigenvalue weighted by molar-refractivity contribution is 0.199. The van der Waals surface area contributed by atoms with E-state index in [0.717, 1.165) is 42.7 Å². The third-order valence-electron chi connectivity index (χ3n) is 3.70. The zero-order valence-electron chi connectivity index (χ0n) is 12.7. The molecule has 0 aromatic carbocycles. The monoisotopic (exact) mass is 296 g/mol. The molecule has 2 rings (SSSR count). The molecule has 1 unspecified atom stereocenters. The molecular formula is C15H25ClN4. The maximum absolute atomic E-state index is 6.30. The van der Waals surface area contributed by atoms with Crippen LogP contribution in [0.5, 0.6) is 0 Å². The summed E-state index contributed by atoms with van der Waals surface area (Å²) >= 11 is 6.30. The molecule has 1 N–H and O–H groups in total. The number of aromatic nitrogens is 1. The molecule has 4 nitrogen and oxygen atoms in total. The zero-order chi connectivity index (χ0) is 14.5. The Balaban J connectivity index is 2.06. The number of nitrogens with one attached hydrogen (secondary N) is 1. The second-order valence-electron chi connectivity index (χ2n) is 5.68. The first-order valence-electron chi connectivity index (χ1n) is 7.38. The largest absolute Gasteiger partial charge is 0.370 e. The van der Waals surface area contributed by atoms with Gasteiger partial charge in [-0.1, -0.05) is 11.6 Å². The summed E-state index contributed by atoms with van der Waals surface area (Å²) < 4.78 is 0. The molecule has 2 heterocycles. The van der Waals surface area contributed by atoms with E-state index in [1.54, 1.807) is 0 Å². The van der Waals surface area contributed by atoms with Gasteiger partial charge in [0.2, 0.25) is 0 Å². The molecule has 1 atom stereocenters. The maximum Gasteiger partial charge on any atom is 0.126 e. The van der Waals surface area contributed by atoms with Gasteiger partial charge in [0.05, 0.1) is 10.7 Å². The van der Waals surface area contributed by atoms with E-state index in [2.05, 4.69) is 41.1 Å². The number of halogens is 1. The Bertz CT molecular complexity index is 436. The summed E-state index contributed by atoms with van der Waals surface area (Å²) in [6.45, 7) is 6.04. The quantitative estimate of drug-likeness (QED) is 0.874. The lowest BCUT2D eigenvalue weighted by Crippen LogP contribution is -2.37. The molecule has 0 bridgehead atoms. The fourth-order valence-electron chi connectivity index (χ4n) is 2.80. The van der Waals surface area contributed by atoms with Gasteiger partial charge < -0.3 is 10.2 Å². The van der Waals surface area contributed by atoms with E-state index in [4.69, 9.17) is 11.6 Å². The number of likely N-dealkylation sites (tertiary alicyclic amines) is 1. The van der Waals surface area contributed by atoms with Crippen molar-refractivity contribution >= 4 is 17.4 Å². The first-order valence-corrected chi connectivity index (χ1v) is 7.76. The Morgan fingerprint density at radius 1 is 1.45 bits per heavy atom. The van der Waals surface area contributed by atoms with E-state index in [9.17, 15) is 0 Å². The topological polar surface area (TPSA) is 31.4 Å². The fraction of sp³-hybridized carbons (Fsp3) is 0.667. The zero-order valence-corrected chi connectivity index (χ0v) is 13.5. The molecule has 20 heavy (non-hydrogen) atoms. The second-order valence-corrected chi connectivity index (χ2v) is 6.09. The van der Waals surface area contributed by atoms with Crippen LogP contribution in [0.3, 0.4) is 0 Å². The second kappa shape index (κ2) is 7.25. The van der Waals surface area contributed by atoms with E-state index < -0.39 is 0 Å². The standard InChI is InChI=1S/C15H25ClN4/c1-4-17-15-8-7-13(16)14(18-15)11-20-9-5-6-12(20)10-19(2)3/h7-8,12H,4-6,9-11H2,1-3H3,(H,17,18). The van der Waals surface area contributed by atoms with Gasteiger partial charge in [0.25, 0.3) is 0 Å². The first kappa shape index (κ1) is 15.5. The number of anilines is 1. The van der Waals surface area contributed by atoms with Gasteiger partial charge >= 0.3 is 0 Å². The van der Waals surface area contributed by atoms with E-state index in [1.807, 2.05) is 12.1 Å². The van der Waals surface area contributed by atoms with Crippen molar-refractivity contribution in [2.24, 2.45) is 0 Å². The molecule has 1 aromatic rings. The van der Waals surface area contributed by atoms with E-state index in [-0.39, 0.29) is 0 Å². The average molecular weight is 297 g/mol.